The molecule has 0 fully saturated rings. The predicted octanol–water partition coefficient (Wildman–Crippen LogP) is 2.73. The van der Waals surface area contributed by atoms with Crippen LogP contribution in [0.3, 0.4) is 0 Å². The van der Waals surface area contributed by atoms with Gasteiger partial charge in [-0.05, 0) is 38.0 Å². The lowest BCUT2D eigenvalue weighted by Gasteiger charge is -2.22. The van der Waals surface area contributed by atoms with Gasteiger partial charge >= 0.3 is 0 Å². The molecular weight excluding hydrogens is 243 g/mol. The van der Waals surface area contributed by atoms with Gasteiger partial charge < -0.3 is 10.2 Å². The Kier molecular flexibility index (Phi) is 6.50. The molecule has 106 valence electrons. The summed E-state index contributed by atoms with van der Waals surface area (Å²) in [5, 5.41) is 3.20. The van der Waals surface area contributed by atoms with Crippen LogP contribution in [0.1, 0.15) is 38.8 Å². The number of rotatable bonds is 7. The van der Waals surface area contributed by atoms with Crippen LogP contribution in [0.4, 0.5) is 4.39 Å². The van der Waals surface area contributed by atoms with Crippen LogP contribution in [0.15, 0.2) is 24.3 Å². The molecule has 0 spiro atoms. The summed E-state index contributed by atoms with van der Waals surface area (Å²) < 4.78 is 13.2. The molecule has 1 aromatic carbocycles. The fourth-order valence-electron chi connectivity index (χ4n) is 2.12. The third-order valence-corrected chi connectivity index (χ3v) is 3.28. The van der Waals surface area contributed by atoms with E-state index in [0.717, 1.165) is 12.0 Å². The number of nitrogens with zero attached hydrogens (tertiary/aromatic N) is 1. The van der Waals surface area contributed by atoms with Crippen molar-refractivity contribution in [1.82, 2.24) is 10.2 Å². The molecule has 0 saturated carbocycles. The zero-order valence-electron chi connectivity index (χ0n) is 11.9. The van der Waals surface area contributed by atoms with Crippen LogP contribution in [0, 0.1) is 5.82 Å². The lowest BCUT2D eigenvalue weighted by atomic mass is 10.0. The maximum Gasteiger partial charge on any atom is 0.236 e. The van der Waals surface area contributed by atoms with E-state index in [-0.39, 0.29) is 24.3 Å². The summed E-state index contributed by atoms with van der Waals surface area (Å²) in [6.07, 6.45) is 0.814. The molecule has 0 saturated heterocycles. The minimum Gasteiger partial charge on any atom is -0.342 e. The second-order valence-electron chi connectivity index (χ2n) is 4.46. The molecule has 1 amide bonds. The smallest absolute Gasteiger partial charge is 0.236 e. The minimum absolute atomic E-state index is 0.00946. The van der Waals surface area contributed by atoms with Crippen LogP contribution < -0.4 is 5.32 Å². The first-order valence-electron chi connectivity index (χ1n) is 6.88. The summed E-state index contributed by atoms with van der Waals surface area (Å²) in [5.41, 5.74) is 0.884. The summed E-state index contributed by atoms with van der Waals surface area (Å²) >= 11 is 0. The van der Waals surface area contributed by atoms with Crippen molar-refractivity contribution in [2.75, 3.05) is 19.6 Å². The van der Waals surface area contributed by atoms with Crippen molar-refractivity contribution < 1.29 is 9.18 Å². The standard InChI is InChI=1S/C15H23FN2O/c1-4-14(12-8-7-9-13(16)10-12)17-11-15(19)18(5-2)6-3/h7-10,14,17H,4-6,11H2,1-3H3. The second kappa shape index (κ2) is 7.89. The molecule has 0 aromatic heterocycles. The lowest BCUT2D eigenvalue weighted by molar-refractivity contribution is -0.130. The monoisotopic (exact) mass is 266 g/mol. The molecular formula is C15H23FN2O. The summed E-state index contributed by atoms with van der Waals surface area (Å²) in [6.45, 7) is 7.67. The van der Waals surface area contributed by atoms with Gasteiger partial charge in [0.25, 0.3) is 0 Å². The Morgan fingerprint density at radius 2 is 2.00 bits per heavy atom. The van der Waals surface area contributed by atoms with Crippen molar-refractivity contribution in [3.63, 3.8) is 0 Å². The molecule has 0 aliphatic carbocycles. The van der Waals surface area contributed by atoms with Gasteiger partial charge in [0, 0.05) is 19.1 Å². The molecule has 19 heavy (non-hydrogen) atoms. The number of halogens is 1. The van der Waals surface area contributed by atoms with E-state index in [0.29, 0.717) is 13.1 Å². The highest BCUT2D eigenvalue weighted by Gasteiger charge is 2.14. The maximum absolute atomic E-state index is 13.2. The molecule has 1 aromatic rings. The normalized spacial score (nSPS) is 12.2. The quantitative estimate of drug-likeness (QED) is 0.823. The zero-order valence-corrected chi connectivity index (χ0v) is 11.9. The highest BCUT2D eigenvalue weighted by molar-refractivity contribution is 5.78. The van der Waals surface area contributed by atoms with Crippen LogP contribution in [-0.4, -0.2) is 30.4 Å². The molecule has 4 heteroatoms. The van der Waals surface area contributed by atoms with Crippen LogP contribution in [0.5, 0.6) is 0 Å². The van der Waals surface area contributed by atoms with E-state index in [9.17, 15) is 9.18 Å². The Morgan fingerprint density at radius 3 is 2.53 bits per heavy atom. The Labute approximate surface area is 114 Å². The summed E-state index contributed by atoms with van der Waals surface area (Å²) in [5.74, 6) is -0.160. The number of carbonyl (C=O) groups is 1. The third-order valence-electron chi connectivity index (χ3n) is 3.28. The van der Waals surface area contributed by atoms with Gasteiger partial charge in [0.15, 0.2) is 0 Å². The van der Waals surface area contributed by atoms with Crippen LogP contribution in [0.25, 0.3) is 0 Å². The zero-order chi connectivity index (χ0) is 14.3. The van der Waals surface area contributed by atoms with E-state index in [1.54, 1.807) is 11.0 Å². The average molecular weight is 266 g/mol. The Hall–Kier alpha value is -1.42. The van der Waals surface area contributed by atoms with Gasteiger partial charge in [-0.25, -0.2) is 4.39 Å². The van der Waals surface area contributed by atoms with Crippen LogP contribution in [0.2, 0.25) is 0 Å². The molecule has 0 aliphatic rings. The fraction of sp³-hybridized carbons (Fsp3) is 0.533. The molecule has 0 heterocycles. The molecule has 0 radical (unpaired) electrons. The van der Waals surface area contributed by atoms with Gasteiger partial charge in [-0.15, -0.1) is 0 Å². The van der Waals surface area contributed by atoms with E-state index in [4.69, 9.17) is 0 Å². The lowest BCUT2D eigenvalue weighted by Crippen LogP contribution is -2.39. The van der Waals surface area contributed by atoms with Crippen molar-refractivity contribution in [1.29, 1.82) is 0 Å². The first kappa shape index (κ1) is 15.6. The Morgan fingerprint density at radius 1 is 1.32 bits per heavy atom. The van der Waals surface area contributed by atoms with Crippen molar-refractivity contribution in [2.24, 2.45) is 0 Å². The average Bonchev–Trinajstić information content (AvgIpc) is 2.41. The number of hydrogen-bond acceptors (Lipinski definition) is 2. The van der Waals surface area contributed by atoms with Gasteiger partial charge in [0.05, 0.1) is 6.54 Å². The van der Waals surface area contributed by atoms with Crippen molar-refractivity contribution >= 4 is 5.91 Å². The number of nitrogens with one attached hydrogen (secondary N) is 1. The van der Waals surface area contributed by atoms with Gasteiger partial charge in [0.2, 0.25) is 5.91 Å². The van der Waals surface area contributed by atoms with Gasteiger partial charge in [-0.2, -0.15) is 0 Å². The summed E-state index contributed by atoms with van der Waals surface area (Å²) in [4.78, 5) is 13.7. The first-order chi connectivity index (χ1) is 9.12. The van der Waals surface area contributed by atoms with Crippen molar-refractivity contribution in [3.05, 3.63) is 35.6 Å². The molecule has 1 atom stereocenters. The van der Waals surface area contributed by atoms with Crippen LogP contribution >= 0.6 is 0 Å². The van der Waals surface area contributed by atoms with Crippen molar-refractivity contribution in [2.45, 2.75) is 33.2 Å². The third kappa shape index (κ3) is 4.63. The number of likely N-dealkylation sites (N-methyl/N-ethyl adjacent to an activating group) is 1. The largest absolute Gasteiger partial charge is 0.342 e. The molecule has 1 unspecified atom stereocenters. The fourth-order valence-corrected chi connectivity index (χ4v) is 2.12. The number of amides is 1. The Balaban J connectivity index is 2.61. The van der Waals surface area contributed by atoms with Crippen LogP contribution in [-0.2, 0) is 4.79 Å². The highest BCUT2D eigenvalue weighted by atomic mass is 19.1. The van der Waals surface area contributed by atoms with E-state index in [1.165, 1.54) is 12.1 Å². The number of carbonyl (C=O) groups excluding carboxylic acids is 1. The summed E-state index contributed by atoms with van der Waals surface area (Å²) in [7, 11) is 0. The number of hydrogen-bond donors (Lipinski definition) is 1. The van der Waals surface area contributed by atoms with Gasteiger partial charge in [-0.3, -0.25) is 4.79 Å². The summed E-state index contributed by atoms with van der Waals surface area (Å²) in [6, 6.07) is 6.53. The molecule has 0 aliphatic heterocycles. The highest BCUT2D eigenvalue weighted by Crippen LogP contribution is 2.17. The molecule has 3 nitrogen and oxygen atoms in total. The topological polar surface area (TPSA) is 32.3 Å². The van der Waals surface area contributed by atoms with Gasteiger partial charge in [-0.1, -0.05) is 19.1 Å². The van der Waals surface area contributed by atoms with Gasteiger partial charge in [0.1, 0.15) is 5.82 Å². The molecule has 1 rings (SSSR count). The number of benzene rings is 1. The molecule has 1 N–H and O–H groups in total. The SMILES string of the molecule is CCC(NCC(=O)N(CC)CC)c1cccc(F)c1. The van der Waals surface area contributed by atoms with E-state index in [2.05, 4.69) is 5.32 Å². The minimum atomic E-state index is -0.243. The Bertz CT molecular complexity index is 405. The molecule has 0 bridgehead atoms. The van der Waals surface area contributed by atoms with E-state index >= 15 is 0 Å². The van der Waals surface area contributed by atoms with E-state index in [1.807, 2.05) is 26.8 Å². The first-order valence-corrected chi connectivity index (χ1v) is 6.88. The predicted molar refractivity (Wildman–Crippen MR) is 75.4 cm³/mol. The maximum atomic E-state index is 13.2. The van der Waals surface area contributed by atoms with Crippen molar-refractivity contribution in [3.8, 4) is 0 Å². The van der Waals surface area contributed by atoms with E-state index < -0.39 is 0 Å². The second-order valence-corrected chi connectivity index (χ2v) is 4.46.